The number of hydrogen-bond donors (Lipinski definition) is 1. The van der Waals surface area contributed by atoms with Crippen LogP contribution in [0.5, 0.6) is 5.75 Å². The first-order valence-electron chi connectivity index (χ1n) is 9.59. The molecule has 0 fully saturated rings. The Morgan fingerprint density at radius 3 is 2.81 bits per heavy atom. The Morgan fingerprint density at radius 2 is 2.07 bits per heavy atom. The van der Waals surface area contributed by atoms with Crippen LogP contribution >= 0.6 is 11.3 Å². The number of aryl methyl sites for hydroxylation is 1. The van der Waals surface area contributed by atoms with Crippen LogP contribution < -0.4 is 10.1 Å². The Labute approximate surface area is 165 Å². The van der Waals surface area contributed by atoms with Gasteiger partial charge in [-0.2, -0.15) is 0 Å². The van der Waals surface area contributed by atoms with Crippen molar-refractivity contribution in [3.05, 3.63) is 59.3 Å². The highest BCUT2D eigenvalue weighted by molar-refractivity contribution is 7.18. The highest BCUT2D eigenvalue weighted by atomic mass is 32.1. The molecule has 2 aromatic carbocycles. The molecule has 0 unspecified atom stereocenters. The van der Waals surface area contributed by atoms with Crippen LogP contribution in [-0.2, 0) is 6.42 Å². The van der Waals surface area contributed by atoms with Gasteiger partial charge in [-0.3, -0.25) is 0 Å². The monoisotopic (exact) mass is 378 g/mol. The highest BCUT2D eigenvalue weighted by Gasteiger charge is 2.24. The Balaban J connectivity index is 1.66. The van der Waals surface area contributed by atoms with Crippen molar-refractivity contribution in [1.29, 1.82) is 0 Å². The van der Waals surface area contributed by atoms with Gasteiger partial charge in [0.15, 0.2) is 0 Å². The van der Waals surface area contributed by atoms with Gasteiger partial charge in [-0.15, -0.1) is 11.3 Å². The molecule has 4 rings (SSSR count). The first kappa shape index (κ1) is 18.2. The molecule has 1 aromatic heterocycles. The van der Waals surface area contributed by atoms with Crippen molar-refractivity contribution in [1.82, 2.24) is 10.3 Å². The van der Waals surface area contributed by atoms with Crippen LogP contribution in [0.15, 0.2) is 42.6 Å². The third-order valence-corrected chi connectivity index (χ3v) is 6.25. The Morgan fingerprint density at radius 1 is 1.22 bits per heavy atom. The summed E-state index contributed by atoms with van der Waals surface area (Å²) in [6.45, 7) is 6.20. The van der Waals surface area contributed by atoms with Gasteiger partial charge in [0.25, 0.3) is 0 Å². The molecule has 27 heavy (non-hydrogen) atoms. The van der Waals surface area contributed by atoms with E-state index in [4.69, 9.17) is 9.72 Å². The number of rotatable bonds is 5. The summed E-state index contributed by atoms with van der Waals surface area (Å²) in [6, 6.07) is 13.5. The average molecular weight is 379 g/mol. The minimum Gasteiger partial charge on any atom is -0.491 e. The van der Waals surface area contributed by atoms with Gasteiger partial charge in [0.05, 0.1) is 11.0 Å². The molecule has 1 atom stereocenters. The zero-order valence-electron chi connectivity index (χ0n) is 16.4. The van der Waals surface area contributed by atoms with Crippen LogP contribution in [0.1, 0.15) is 43.0 Å². The molecule has 1 aliphatic carbocycles. The summed E-state index contributed by atoms with van der Waals surface area (Å²) in [7, 11) is 2.05. The standard InChI is InChI=1S/C23H26N2OS/c1-14(2)26-21-11-8-16(12-15(21)3)23-25-13-22(27-23)19-7-5-6-18-17(19)9-10-20(18)24-4/h5-8,11-14,20,24H,9-10H2,1-4H3/t20-/m0/s1. The van der Waals surface area contributed by atoms with Gasteiger partial charge in [0.2, 0.25) is 0 Å². The molecule has 0 spiro atoms. The predicted molar refractivity (Wildman–Crippen MR) is 114 cm³/mol. The molecule has 3 aromatic rings. The maximum Gasteiger partial charge on any atom is 0.123 e. The van der Waals surface area contributed by atoms with Gasteiger partial charge in [-0.05, 0) is 81.1 Å². The summed E-state index contributed by atoms with van der Waals surface area (Å²) in [5.74, 6) is 0.949. The zero-order chi connectivity index (χ0) is 19.0. The first-order chi connectivity index (χ1) is 13.1. The molecule has 1 aliphatic rings. The van der Waals surface area contributed by atoms with Crippen LogP contribution in [0.25, 0.3) is 21.0 Å². The lowest BCUT2D eigenvalue weighted by molar-refractivity contribution is 0.241. The van der Waals surface area contributed by atoms with E-state index in [0.29, 0.717) is 6.04 Å². The third kappa shape index (κ3) is 3.52. The molecular formula is C23H26N2OS. The Kier molecular flexibility index (Phi) is 5.02. The van der Waals surface area contributed by atoms with Crippen molar-refractivity contribution in [2.24, 2.45) is 0 Å². The van der Waals surface area contributed by atoms with Crippen LogP contribution in [0.4, 0.5) is 0 Å². The highest BCUT2D eigenvalue weighted by Crippen LogP contribution is 2.41. The fourth-order valence-electron chi connectivity index (χ4n) is 3.89. The number of hydrogen-bond acceptors (Lipinski definition) is 4. The third-order valence-electron chi connectivity index (χ3n) is 5.17. The second-order valence-electron chi connectivity index (χ2n) is 7.43. The molecule has 1 heterocycles. The summed E-state index contributed by atoms with van der Waals surface area (Å²) in [6.07, 6.45) is 4.51. The molecule has 0 radical (unpaired) electrons. The summed E-state index contributed by atoms with van der Waals surface area (Å²) in [5, 5.41) is 4.49. The lowest BCUT2D eigenvalue weighted by Gasteiger charge is -2.12. The fourth-order valence-corrected chi connectivity index (χ4v) is 4.85. The van der Waals surface area contributed by atoms with Gasteiger partial charge in [-0.1, -0.05) is 18.2 Å². The zero-order valence-corrected chi connectivity index (χ0v) is 17.2. The normalized spacial score (nSPS) is 16.0. The van der Waals surface area contributed by atoms with Crippen molar-refractivity contribution >= 4 is 11.3 Å². The number of nitrogens with one attached hydrogen (secondary N) is 1. The van der Waals surface area contributed by atoms with Crippen LogP contribution in [0.2, 0.25) is 0 Å². The Bertz CT molecular complexity index is 961. The van der Waals surface area contributed by atoms with Crippen molar-refractivity contribution in [3.8, 4) is 26.8 Å². The van der Waals surface area contributed by atoms with Gasteiger partial charge in [-0.25, -0.2) is 4.98 Å². The van der Waals surface area contributed by atoms with Crippen LogP contribution in [-0.4, -0.2) is 18.1 Å². The fraction of sp³-hybridized carbons (Fsp3) is 0.348. The second kappa shape index (κ2) is 7.45. The van der Waals surface area contributed by atoms with Crippen LogP contribution in [0, 0.1) is 6.92 Å². The second-order valence-corrected chi connectivity index (χ2v) is 8.46. The molecule has 140 valence electrons. The van der Waals surface area contributed by atoms with Crippen molar-refractivity contribution in [2.75, 3.05) is 7.05 Å². The van der Waals surface area contributed by atoms with Gasteiger partial charge < -0.3 is 10.1 Å². The predicted octanol–water partition coefficient (Wildman–Crippen LogP) is 5.78. The number of aromatic nitrogens is 1. The van der Waals surface area contributed by atoms with Gasteiger partial charge in [0.1, 0.15) is 10.8 Å². The lowest BCUT2D eigenvalue weighted by atomic mass is 10.0. The van der Waals surface area contributed by atoms with E-state index >= 15 is 0 Å². The van der Waals surface area contributed by atoms with Crippen LogP contribution in [0.3, 0.4) is 0 Å². The molecule has 3 nitrogen and oxygen atoms in total. The molecule has 1 N–H and O–H groups in total. The number of benzene rings is 2. The Hall–Kier alpha value is -2.17. The molecule has 4 heteroatoms. The van der Waals surface area contributed by atoms with E-state index in [9.17, 15) is 0 Å². The molecule has 0 aliphatic heterocycles. The van der Waals surface area contributed by atoms with Crippen molar-refractivity contribution in [2.45, 2.75) is 45.8 Å². The van der Waals surface area contributed by atoms with E-state index in [-0.39, 0.29) is 6.10 Å². The van der Waals surface area contributed by atoms with Gasteiger partial charge in [0, 0.05) is 17.8 Å². The van der Waals surface area contributed by atoms with E-state index in [2.05, 4.69) is 62.5 Å². The van der Waals surface area contributed by atoms with Gasteiger partial charge >= 0.3 is 0 Å². The quantitative estimate of drug-likeness (QED) is 0.611. The smallest absolute Gasteiger partial charge is 0.123 e. The summed E-state index contributed by atoms with van der Waals surface area (Å²) >= 11 is 1.77. The van der Waals surface area contributed by atoms with E-state index in [0.717, 1.165) is 28.3 Å². The summed E-state index contributed by atoms with van der Waals surface area (Å²) in [5.41, 5.74) is 6.56. The lowest BCUT2D eigenvalue weighted by Crippen LogP contribution is -2.12. The van der Waals surface area contributed by atoms with E-state index in [1.54, 1.807) is 11.3 Å². The number of thiazole rings is 1. The summed E-state index contributed by atoms with van der Waals surface area (Å²) < 4.78 is 5.86. The van der Waals surface area contributed by atoms with E-state index in [1.807, 2.05) is 13.2 Å². The number of fused-ring (bicyclic) bond motifs is 1. The van der Waals surface area contributed by atoms with Crippen molar-refractivity contribution in [3.63, 3.8) is 0 Å². The summed E-state index contributed by atoms with van der Waals surface area (Å²) in [4.78, 5) is 5.97. The van der Waals surface area contributed by atoms with Crippen molar-refractivity contribution < 1.29 is 4.74 Å². The minimum absolute atomic E-state index is 0.183. The SMILES string of the molecule is CN[C@H]1CCc2c(-c3cnc(-c4ccc(OC(C)C)c(C)c4)s3)cccc21. The maximum absolute atomic E-state index is 5.86. The average Bonchev–Trinajstić information content (AvgIpc) is 3.29. The molecule has 0 bridgehead atoms. The topological polar surface area (TPSA) is 34.2 Å². The number of ether oxygens (including phenoxy) is 1. The van der Waals surface area contributed by atoms with E-state index in [1.165, 1.54) is 28.0 Å². The first-order valence-corrected chi connectivity index (χ1v) is 10.4. The molecule has 0 amide bonds. The minimum atomic E-state index is 0.183. The largest absolute Gasteiger partial charge is 0.491 e. The molecule has 0 saturated carbocycles. The van der Waals surface area contributed by atoms with E-state index < -0.39 is 0 Å². The maximum atomic E-state index is 5.86. The molecular weight excluding hydrogens is 352 g/mol. The number of nitrogens with zero attached hydrogens (tertiary/aromatic N) is 1. The molecule has 0 saturated heterocycles.